The molecule has 11 heteroatoms. The molecule has 11 nitrogen and oxygen atoms in total. The van der Waals surface area contributed by atoms with Gasteiger partial charge >= 0.3 is 0 Å². The number of aliphatic hydroxyl groups excluding tert-OH is 2. The lowest BCUT2D eigenvalue weighted by Gasteiger charge is -2.56. The number of rotatable bonds is 7. The van der Waals surface area contributed by atoms with Crippen LogP contribution in [-0.2, 0) is 47.4 Å². The number of hydrogen-bond donors (Lipinski definition) is 7. The fourth-order valence-corrected chi connectivity index (χ4v) is 13.6. The molecule has 8 atom stereocenters. The number of nitrogens with one attached hydrogen (secondary N) is 1. The molecule has 382 valence electrons. The Hall–Kier alpha value is -6.52. The van der Waals surface area contributed by atoms with Crippen LogP contribution in [-0.4, -0.2) is 67.8 Å². The number of aromatic hydroxyl groups is 3. The Balaban J connectivity index is 0.956. The molecule has 1 aromatic heterocycles. The molecule has 8 unspecified atom stereocenters. The minimum atomic E-state index is -0.693. The maximum absolute atomic E-state index is 11.7. The zero-order valence-electron chi connectivity index (χ0n) is 41.9. The van der Waals surface area contributed by atoms with Crippen LogP contribution in [0.1, 0.15) is 120 Å². The van der Waals surface area contributed by atoms with Crippen LogP contribution in [0.5, 0.6) is 23.0 Å². The molecule has 1 saturated heterocycles. The van der Waals surface area contributed by atoms with Gasteiger partial charge in [-0.05, 0) is 181 Å². The van der Waals surface area contributed by atoms with Gasteiger partial charge in [0.2, 0.25) is 0 Å². The van der Waals surface area contributed by atoms with Gasteiger partial charge in [0.1, 0.15) is 23.9 Å². The summed E-state index contributed by atoms with van der Waals surface area (Å²) in [6, 6.07) is 30.2. The number of aromatic nitrogens is 1. The van der Waals surface area contributed by atoms with E-state index in [2.05, 4.69) is 76.6 Å². The van der Waals surface area contributed by atoms with Crippen molar-refractivity contribution in [1.29, 1.82) is 0 Å². The number of aryl methyl sites for hydroxylation is 2. The number of phenols is 3. The van der Waals surface area contributed by atoms with Crippen LogP contribution in [0.3, 0.4) is 0 Å². The number of hydrogen-bond acceptors (Lipinski definition) is 10. The highest BCUT2D eigenvalue weighted by Gasteiger charge is 2.55. The van der Waals surface area contributed by atoms with Gasteiger partial charge in [0.15, 0.2) is 11.5 Å². The number of ether oxygens (including phenoxy) is 3. The van der Waals surface area contributed by atoms with Crippen LogP contribution in [0.4, 0.5) is 0 Å². The first-order valence-corrected chi connectivity index (χ1v) is 26.9. The van der Waals surface area contributed by atoms with Crippen molar-refractivity contribution in [2.75, 3.05) is 13.2 Å². The Bertz CT molecular complexity index is 3240. The molecule has 0 amide bonds. The van der Waals surface area contributed by atoms with Crippen molar-refractivity contribution in [3.05, 3.63) is 171 Å². The molecule has 8 N–H and O–H groups in total. The molecular weight excluding hydrogens is 927 g/mol. The third-order valence-electron chi connectivity index (χ3n) is 17.3. The van der Waals surface area contributed by atoms with E-state index in [9.17, 15) is 25.5 Å². The number of dihydropyridines is 1. The van der Waals surface area contributed by atoms with E-state index in [-0.39, 0.29) is 60.6 Å². The average Bonchev–Trinajstić information content (AvgIpc) is 3.84. The Kier molecular flexibility index (Phi) is 13.3. The molecular formula is C63H67N3O8. The molecule has 1 saturated carbocycles. The van der Waals surface area contributed by atoms with Crippen molar-refractivity contribution in [2.45, 2.75) is 132 Å². The van der Waals surface area contributed by atoms with Gasteiger partial charge < -0.3 is 55.4 Å². The topological polar surface area (TPSA) is 172 Å². The van der Waals surface area contributed by atoms with E-state index in [0.717, 1.165) is 113 Å². The minimum absolute atomic E-state index is 0.0382. The van der Waals surface area contributed by atoms with Gasteiger partial charge in [-0.25, -0.2) is 0 Å². The number of aliphatic hydroxyl groups is 2. The molecule has 8 bridgehead atoms. The van der Waals surface area contributed by atoms with Gasteiger partial charge in [0, 0.05) is 58.7 Å². The molecule has 4 aliphatic heterocycles. The second kappa shape index (κ2) is 20.3. The standard InChI is InChI=1S/C63H67N3O8/c64-61-31-43-15-13-38(11-12-39-14-19-57(70)44(23-39)24-40-6-3-7-49(68)25-40)5-4-8-51-32-50(69)18-16-41-30-60(58(71)29-46(41)35-67)74-36-47-27-48(26-45-33-66(34-53(45)47)62(65-61)54(43)37-73-51)63-21-22-72-59-20-17-42(28-56(59)63)52-9-1-2-10-55(52)63/h1-3,6-7,9-10,14,19,23,25-27,29-31,33-34,38,42,50-51,56,59,61,65,67-71H,4-5,8,11-12,16-18,20-22,24,28,32,35-37,64H2. The lowest BCUT2D eigenvalue weighted by atomic mass is 9.51. The fourth-order valence-electron chi connectivity index (χ4n) is 13.6. The van der Waals surface area contributed by atoms with Gasteiger partial charge in [-0.1, -0.05) is 66.4 Å². The first kappa shape index (κ1) is 48.4. The van der Waals surface area contributed by atoms with Crippen LogP contribution in [0, 0.1) is 23.7 Å². The summed E-state index contributed by atoms with van der Waals surface area (Å²) in [5.74, 6) is 9.73. The lowest BCUT2D eigenvalue weighted by Crippen LogP contribution is -2.54. The van der Waals surface area contributed by atoms with Crippen molar-refractivity contribution >= 4 is 16.6 Å². The van der Waals surface area contributed by atoms with Crippen LogP contribution in [0.2, 0.25) is 0 Å². The molecule has 0 radical (unpaired) electrons. The SMILES string of the molecule is NC1C=C2C#CC(CCc3ccc(O)c(Cc4cccc(O)c4)c3)CCCC3CC(O)CCc4cc(c(O)cc4CO)OCc4cc(C56CCOC7CCC(CC75)c5ccccc56)cc5cn(cc45)C(=C2CO3)N1. The molecule has 6 aromatic rings. The number of nitrogens with zero attached hydrogens (tertiary/aromatic N) is 1. The normalized spacial score (nSPS) is 26.6. The largest absolute Gasteiger partial charge is 0.508 e. The summed E-state index contributed by atoms with van der Waals surface area (Å²) < 4.78 is 22.4. The Labute approximate surface area is 433 Å². The average molecular weight is 994 g/mol. The molecule has 2 aliphatic carbocycles. The van der Waals surface area contributed by atoms with Gasteiger partial charge in [0.25, 0.3) is 0 Å². The van der Waals surface area contributed by atoms with Crippen molar-refractivity contribution in [3.8, 4) is 34.8 Å². The highest BCUT2D eigenvalue weighted by atomic mass is 16.5. The van der Waals surface area contributed by atoms with Gasteiger partial charge in [-0.3, -0.25) is 0 Å². The Morgan fingerprint density at radius 2 is 1.72 bits per heavy atom. The van der Waals surface area contributed by atoms with Crippen LogP contribution in [0.25, 0.3) is 16.6 Å². The van der Waals surface area contributed by atoms with Crippen molar-refractivity contribution in [3.63, 3.8) is 0 Å². The maximum Gasteiger partial charge on any atom is 0.161 e. The van der Waals surface area contributed by atoms with Crippen LogP contribution >= 0.6 is 0 Å². The smallest absolute Gasteiger partial charge is 0.161 e. The zero-order chi connectivity index (χ0) is 50.5. The molecule has 12 rings (SSSR count). The highest BCUT2D eigenvalue weighted by Crippen LogP contribution is 2.60. The van der Waals surface area contributed by atoms with E-state index in [4.69, 9.17) is 19.9 Å². The van der Waals surface area contributed by atoms with Crippen LogP contribution in [0.15, 0.2) is 121 Å². The number of nitrogens with two attached hydrogens (primary N) is 1. The quantitative estimate of drug-likeness (QED) is 0.0764. The number of benzene rings is 5. The number of fused-ring (bicyclic) bond motifs is 10. The van der Waals surface area contributed by atoms with Crippen LogP contribution < -0.4 is 15.8 Å². The summed E-state index contributed by atoms with van der Waals surface area (Å²) >= 11 is 0. The maximum atomic E-state index is 11.7. The van der Waals surface area contributed by atoms with E-state index in [1.54, 1.807) is 24.3 Å². The summed E-state index contributed by atoms with van der Waals surface area (Å²) in [4.78, 5) is 0. The third kappa shape index (κ3) is 9.37. The second-order valence-corrected chi connectivity index (χ2v) is 21.9. The molecule has 5 aromatic carbocycles. The minimum Gasteiger partial charge on any atom is -0.508 e. The summed E-state index contributed by atoms with van der Waals surface area (Å²) in [5, 5.41) is 60.2. The summed E-state index contributed by atoms with van der Waals surface area (Å²) in [6.07, 6.45) is 15.0. The Morgan fingerprint density at radius 1 is 0.811 bits per heavy atom. The van der Waals surface area contributed by atoms with Crippen molar-refractivity contribution in [1.82, 2.24) is 9.88 Å². The summed E-state index contributed by atoms with van der Waals surface area (Å²) in [7, 11) is 0. The number of phenolic OH excluding ortho intramolecular Hbond substituents is 3. The van der Waals surface area contributed by atoms with E-state index in [0.29, 0.717) is 55.4 Å². The first-order chi connectivity index (χ1) is 36.1. The molecule has 6 aliphatic rings. The van der Waals surface area contributed by atoms with Crippen molar-refractivity contribution < 1.29 is 39.7 Å². The van der Waals surface area contributed by atoms with Gasteiger partial charge in [-0.2, -0.15) is 0 Å². The van der Waals surface area contributed by atoms with Crippen molar-refractivity contribution in [2.24, 2.45) is 17.6 Å². The molecule has 5 heterocycles. The predicted molar refractivity (Wildman–Crippen MR) is 286 cm³/mol. The zero-order valence-corrected chi connectivity index (χ0v) is 41.9. The van der Waals surface area contributed by atoms with E-state index >= 15 is 0 Å². The second-order valence-electron chi connectivity index (χ2n) is 21.9. The molecule has 0 spiro atoms. The summed E-state index contributed by atoms with van der Waals surface area (Å²) in [5.41, 5.74) is 17.7. The molecule has 2 fully saturated rings. The first-order valence-electron chi connectivity index (χ1n) is 26.9. The van der Waals surface area contributed by atoms with Gasteiger partial charge in [-0.15, -0.1) is 0 Å². The van der Waals surface area contributed by atoms with E-state index in [1.165, 1.54) is 16.7 Å². The van der Waals surface area contributed by atoms with E-state index < -0.39 is 12.3 Å². The third-order valence-corrected chi connectivity index (χ3v) is 17.3. The highest BCUT2D eigenvalue weighted by molar-refractivity contribution is 5.89. The molecule has 74 heavy (non-hydrogen) atoms. The van der Waals surface area contributed by atoms with Gasteiger partial charge in [0.05, 0.1) is 37.7 Å². The summed E-state index contributed by atoms with van der Waals surface area (Å²) in [6.45, 7) is 0.864. The lowest BCUT2D eigenvalue weighted by molar-refractivity contribution is -0.0894. The Morgan fingerprint density at radius 3 is 2.61 bits per heavy atom. The van der Waals surface area contributed by atoms with E-state index in [1.807, 2.05) is 30.3 Å². The fraction of sp³-hybridized carbons (Fsp3) is 0.397. The monoisotopic (exact) mass is 993 g/mol. The predicted octanol–water partition coefficient (Wildman–Crippen LogP) is 9.89.